The summed E-state index contributed by atoms with van der Waals surface area (Å²) < 4.78 is 37.9. The number of carbonyl (C=O) groups excluding carboxylic acids is 1. The van der Waals surface area contributed by atoms with Gasteiger partial charge in [0.2, 0.25) is 5.91 Å². The van der Waals surface area contributed by atoms with Crippen molar-refractivity contribution >= 4 is 5.91 Å². The molecular formula is C13H19F3N4O. The number of carbonyl (C=O) groups is 1. The Morgan fingerprint density at radius 2 is 2.24 bits per heavy atom. The van der Waals surface area contributed by atoms with Crippen LogP contribution in [0.1, 0.15) is 25.3 Å². The molecule has 1 saturated heterocycles. The Hall–Kier alpha value is -1.57. The number of imidazole rings is 1. The molecule has 1 fully saturated rings. The Labute approximate surface area is 121 Å². The van der Waals surface area contributed by atoms with Crippen molar-refractivity contribution in [3.05, 3.63) is 18.7 Å². The zero-order valence-corrected chi connectivity index (χ0v) is 11.6. The summed E-state index contributed by atoms with van der Waals surface area (Å²) in [5.74, 6) is -0.102. The highest BCUT2D eigenvalue weighted by Crippen LogP contribution is 2.21. The second kappa shape index (κ2) is 6.93. The molecule has 1 N–H and O–H groups in total. The number of nitrogens with zero attached hydrogens (tertiary/aromatic N) is 3. The Morgan fingerprint density at radius 3 is 2.90 bits per heavy atom. The van der Waals surface area contributed by atoms with Crippen molar-refractivity contribution in [3.63, 3.8) is 0 Å². The lowest BCUT2D eigenvalue weighted by Gasteiger charge is -2.33. The van der Waals surface area contributed by atoms with Gasteiger partial charge >= 0.3 is 6.18 Å². The van der Waals surface area contributed by atoms with Gasteiger partial charge in [-0.3, -0.25) is 4.79 Å². The van der Waals surface area contributed by atoms with Gasteiger partial charge in [-0.1, -0.05) is 0 Å². The molecule has 1 aliphatic rings. The number of alkyl halides is 3. The summed E-state index contributed by atoms with van der Waals surface area (Å²) in [5, 5.41) is 2.25. The fourth-order valence-electron chi connectivity index (χ4n) is 2.49. The molecule has 1 aliphatic heterocycles. The number of nitrogens with one attached hydrogen (secondary N) is 1. The summed E-state index contributed by atoms with van der Waals surface area (Å²) in [7, 11) is 0. The van der Waals surface area contributed by atoms with E-state index < -0.39 is 12.7 Å². The summed E-state index contributed by atoms with van der Waals surface area (Å²) >= 11 is 0. The molecule has 0 aromatic carbocycles. The minimum Gasteiger partial charge on any atom is -0.341 e. The summed E-state index contributed by atoms with van der Waals surface area (Å²) in [6.45, 7) is 0.250. The van der Waals surface area contributed by atoms with Crippen LogP contribution in [0.4, 0.5) is 13.2 Å². The van der Waals surface area contributed by atoms with Crippen LogP contribution in [0.5, 0.6) is 0 Å². The van der Waals surface area contributed by atoms with Crippen molar-refractivity contribution in [1.82, 2.24) is 19.8 Å². The lowest BCUT2D eigenvalue weighted by molar-refractivity contribution is -0.134. The van der Waals surface area contributed by atoms with Gasteiger partial charge in [0.25, 0.3) is 0 Å². The number of piperidine rings is 1. The average Bonchev–Trinajstić information content (AvgIpc) is 2.96. The van der Waals surface area contributed by atoms with Gasteiger partial charge in [-0.2, -0.15) is 13.2 Å². The molecule has 2 rings (SSSR count). The molecule has 0 aliphatic carbocycles. The standard InChI is InChI=1S/C13H19F3N4O/c14-13(15,16)9-17-4-3-12(21)19-6-1-2-11(8-19)20-7-5-18-10-20/h5,7,10-11,17H,1-4,6,8-9H2/t11-/m0/s1. The van der Waals surface area contributed by atoms with Crippen molar-refractivity contribution in [2.24, 2.45) is 0 Å². The van der Waals surface area contributed by atoms with Crippen LogP contribution in [0.15, 0.2) is 18.7 Å². The van der Waals surface area contributed by atoms with Gasteiger partial charge in [0.1, 0.15) is 0 Å². The molecular weight excluding hydrogens is 285 g/mol. The third-order valence-corrected chi connectivity index (χ3v) is 3.54. The monoisotopic (exact) mass is 304 g/mol. The third kappa shape index (κ3) is 5.04. The van der Waals surface area contributed by atoms with E-state index in [-0.39, 0.29) is 24.9 Å². The highest BCUT2D eigenvalue weighted by molar-refractivity contribution is 5.76. The zero-order chi connectivity index (χ0) is 15.3. The molecule has 118 valence electrons. The molecule has 1 atom stereocenters. The van der Waals surface area contributed by atoms with Gasteiger partial charge in [0.05, 0.1) is 18.9 Å². The van der Waals surface area contributed by atoms with Gasteiger partial charge in [0.15, 0.2) is 0 Å². The maximum atomic E-state index is 12.0. The van der Waals surface area contributed by atoms with E-state index in [9.17, 15) is 18.0 Å². The van der Waals surface area contributed by atoms with Crippen LogP contribution < -0.4 is 5.32 Å². The SMILES string of the molecule is O=C(CCNCC(F)(F)F)N1CCC[C@H](n2ccnc2)C1. The van der Waals surface area contributed by atoms with Gasteiger partial charge in [-0.25, -0.2) is 4.98 Å². The highest BCUT2D eigenvalue weighted by atomic mass is 19.4. The molecule has 0 spiro atoms. The summed E-state index contributed by atoms with van der Waals surface area (Å²) in [6.07, 6.45) is 3.01. The first-order valence-corrected chi connectivity index (χ1v) is 6.98. The third-order valence-electron chi connectivity index (χ3n) is 3.54. The Morgan fingerprint density at radius 1 is 1.43 bits per heavy atom. The van der Waals surface area contributed by atoms with E-state index >= 15 is 0 Å². The van der Waals surface area contributed by atoms with Crippen molar-refractivity contribution in [3.8, 4) is 0 Å². The molecule has 0 radical (unpaired) electrons. The number of hydrogen-bond donors (Lipinski definition) is 1. The molecule has 0 bridgehead atoms. The van der Waals surface area contributed by atoms with E-state index in [1.807, 2.05) is 10.8 Å². The van der Waals surface area contributed by atoms with E-state index in [1.165, 1.54) is 0 Å². The zero-order valence-electron chi connectivity index (χ0n) is 11.6. The molecule has 0 unspecified atom stereocenters. The summed E-state index contributed by atoms with van der Waals surface area (Å²) in [4.78, 5) is 17.7. The van der Waals surface area contributed by atoms with E-state index in [0.29, 0.717) is 13.1 Å². The van der Waals surface area contributed by atoms with Crippen LogP contribution >= 0.6 is 0 Å². The molecule has 8 heteroatoms. The minimum atomic E-state index is -4.24. The van der Waals surface area contributed by atoms with E-state index in [1.54, 1.807) is 17.4 Å². The molecule has 1 aromatic heterocycles. The maximum Gasteiger partial charge on any atom is 0.401 e. The summed E-state index contributed by atoms with van der Waals surface area (Å²) in [5.41, 5.74) is 0. The number of likely N-dealkylation sites (tertiary alicyclic amines) is 1. The van der Waals surface area contributed by atoms with E-state index in [4.69, 9.17) is 0 Å². The molecule has 5 nitrogen and oxygen atoms in total. The first-order valence-electron chi connectivity index (χ1n) is 6.98. The van der Waals surface area contributed by atoms with E-state index in [0.717, 1.165) is 12.8 Å². The smallest absolute Gasteiger partial charge is 0.341 e. The van der Waals surface area contributed by atoms with Crippen LogP contribution in [0.25, 0.3) is 0 Å². The molecule has 2 heterocycles. The summed E-state index contributed by atoms with van der Waals surface area (Å²) in [6, 6.07) is 0.202. The number of amides is 1. The van der Waals surface area contributed by atoms with Gasteiger partial charge in [-0.05, 0) is 12.8 Å². The van der Waals surface area contributed by atoms with Crippen molar-refractivity contribution in [1.29, 1.82) is 0 Å². The molecule has 1 amide bonds. The number of aromatic nitrogens is 2. The molecule has 0 saturated carbocycles. The molecule has 21 heavy (non-hydrogen) atoms. The Balaban J connectivity index is 1.74. The predicted octanol–water partition coefficient (Wildman–Crippen LogP) is 1.59. The lowest BCUT2D eigenvalue weighted by Crippen LogP contribution is -2.41. The van der Waals surface area contributed by atoms with Crippen molar-refractivity contribution in [2.75, 3.05) is 26.2 Å². The fourth-order valence-corrected chi connectivity index (χ4v) is 2.49. The van der Waals surface area contributed by atoms with Crippen LogP contribution in [0.2, 0.25) is 0 Å². The first-order chi connectivity index (χ1) is 9.96. The second-order valence-corrected chi connectivity index (χ2v) is 5.19. The van der Waals surface area contributed by atoms with Crippen molar-refractivity contribution < 1.29 is 18.0 Å². The van der Waals surface area contributed by atoms with E-state index in [2.05, 4.69) is 10.3 Å². The Bertz CT molecular complexity index is 447. The largest absolute Gasteiger partial charge is 0.401 e. The van der Waals surface area contributed by atoms with Crippen LogP contribution in [0.3, 0.4) is 0 Å². The predicted molar refractivity (Wildman–Crippen MR) is 70.6 cm³/mol. The first kappa shape index (κ1) is 15.8. The quantitative estimate of drug-likeness (QED) is 0.841. The average molecular weight is 304 g/mol. The number of rotatable bonds is 5. The van der Waals surface area contributed by atoms with Crippen LogP contribution in [-0.2, 0) is 4.79 Å². The highest BCUT2D eigenvalue weighted by Gasteiger charge is 2.27. The van der Waals surface area contributed by atoms with Crippen LogP contribution in [-0.4, -0.2) is 52.7 Å². The topological polar surface area (TPSA) is 50.2 Å². The molecule has 1 aromatic rings. The maximum absolute atomic E-state index is 12.0. The minimum absolute atomic E-state index is 0.0462. The van der Waals surface area contributed by atoms with Crippen LogP contribution in [0, 0.1) is 0 Å². The van der Waals surface area contributed by atoms with Gasteiger partial charge in [-0.15, -0.1) is 0 Å². The van der Waals surface area contributed by atoms with Crippen molar-refractivity contribution in [2.45, 2.75) is 31.5 Å². The fraction of sp³-hybridized carbons (Fsp3) is 0.692. The number of halogens is 3. The number of hydrogen-bond acceptors (Lipinski definition) is 3. The second-order valence-electron chi connectivity index (χ2n) is 5.19. The lowest BCUT2D eigenvalue weighted by atomic mass is 10.1. The van der Waals surface area contributed by atoms with Gasteiger partial charge in [0, 0.05) is 38.4 Å². The Kier molecular flexibility index (Phi) is 5.22. The van der Waals surface area contributed by atoms with Gasteiger partial charge < -0.3 is 14.8 Å². The normalized spacial score (nSPS) is 19.8.